The Bertz CT molecular complexity index is 601. The zero-order valence-corrected chi connectivity index (χ0v) is 11.0. The van der Waals surface area contributed by atoms with E-state index < -0.39 is 0 Å². The van der Waals surface area contributed by atoms with Crippen LogP contribution < -0.4 is 10.6 Å². The first kappa shape index (κ1) is 12.2. The molecule has 1 fully saturated rings. The summed E-state index contributed by atoms with van der Waals surface area (Å²) in [5.74, 6) is 1.19. The summed E-state index contributed by atoms with van der Waals surface area (Å²) in [6.07, 6.45) is 2.15. The molecule has 5 heteroatoms. The smallest absolute Gasteiger partial charge is 0.139 e. The van der Waals surface area contributed by atoms with Gasteiger partial charge in [0.05, 0.1) is 11.6 Å². The standard InChI is InChI=1S/C14H18N4O/c1-9-7-18(5-4-13(9)19)14-11-3-2-10(15)6-12(11)16-8-17-14/h2-3,6,8-9,13,19H,4-5,7,15H2,1H3. The summed E-state index contributed by atoms with van der Waals surface area (Å²) in [4.78, 5) is 10.9. The molecule has 0 spiro atoms. The fraction of sp³-hybridized carbons (Fsp3) is 0.429. The quantitative estimate of drug-likeness (QED) is 0.757. The van der Waals surface area contributed by atoms with E-state index in [1.807, 2.05) is 18.2 Å². The average Bonchev–Trinajstić information content (AvgIpc) is 2.41. The van der Waals surface area contributed by atoms with Crippen molar-refractivity contribution in [1.82, 2.24) is 9.97 Å². The number of nitrogen functional groups attached to an aromatic ring is 1. The third-order valence-corrected chi connectivity index (χ3v) is 3.80. The molecule has 1 aromatic heterocycles. The van der Waals surface area contributed by atoms with Crippen LogP contribution in [0.1, 0.15) is 13.3 Å². The number of fused-ring (bicyclic) bond motifs is 1. The second kappa shape index (κ2) is 4.66. The Morgan fingerprint density at radius 1 is 1.37 bits per heavy atom. The van der Waals surface area contributed by atoms with Gasteiger partial charge in [-0.15, -0.1) is 0 Å². The van der Waals surface area contributed by atoms with E-state index in [-0.39, 0.29) is 12.0 Å². The van der Waals surface area contributed by atoms with Crippen molar-refractivity contribution in [3.05, 3.63) is 24.5 Å². The number of aliphatic hydroxyl groups excluding tert-OH is 1. The number of aliphatic hydroxyl groups is 1. The van der Waals surface area contributed by atoms with Gasteiger partial charge in [0, 0.05) is 24.2 Å². The zero-order chi connectivity index (χ0) is 13.4. The number of rotatable bonds is 1. The lowest BCUT2D eigenvalue weighted by atomic mass is 9.96. The molecule has 0 bridgehead atoms. The Balaban J connectivity index is 2.01. The maximum absolute atomic E-state index is 9.82. The molecule has 1 aliphatic heterocycles. The monoisotopic (exact) mass is 258 g/mol. The Labute approximate surface area is 112 Å². The molecule has 1 aromatic carbocycles. The molecule has 19 heavy (non-hydrogen) atoms. The number of piperidine rings is 1. The molecule has 1 saturated heterocycles. The maximum atomic E-state index is 9.82. The van der Waals surface area contributed by atoms with E-state index in [9.17, 15) is 5.11 Å². The summed E-state index contributed by atoms with van der Waals surface area (Å²) in [6.45, 7) is 3.71. The van der Waals surface area contributed by atoms with Crippen LogP contribution in [-0.2, 0) is 0 Å². The number of hydrogen-bond donors (Lipinski definition) is 2. The maximum Gasteiger partial charge on any atom is 0.139 e. The predicted octanol–water partition coefficient (Wildman–Crippen LogP) is 1.42. The van der Waals surface area contributed by atoms with Crippen molar-refractivity contribution >= 4 is 22.4 Å². The third-order valence-electron chi connectivity index (χ3n) is 3.80. The Morgan fingerprint density at radius 3 is 3.00 bits per heavy atom. The van der Waals surface area contributed by atoms with Crippen molar-refractivity contribution in [3.8, 4) is 0 Å². The van der Waals surface area contributed by atoms with Crippen LogP contribution in [0.5, 0.6) is 0 Å². The molecule has 3 N–H and O–H groups in total. The van der Waals surface area contributed by atoms with Crippen molar-refractivity contribution in [2.24, 2.45) is 5.92 Å². The molecular weight excluding hydrogens is 240 g/mol. The highest BCUT2D eigenvalue weighted by Crippen LogP contribution is 2.28. The van der Waals surface area contributed by atoms with Gasteiger partial charge in [-0.2, -0.15) is 0 Å². The van der Waals surface area contributed by atoms with Gasteiger partial charge < -0.3 is 15.7 Å². The summed E-state index contributed by atoms with van der Waals surface area (Å²) in [6, 6.07) is 5.70. The average molecular weight is 258 g/mol. The highest BCUT2D eigenvalue weighted by molar-refractivity contribution is 5.91. The van der Waals surface area contributed by atoms with E-state index >= 15 is 0 Å². The summed E-state index contributed by atoms with van der Waals surface area (Å²) in [7, 11) is 0. The molecule has 0 amide bonds. The molecule has 2 unspecified atom stereocenters. The number of aromatic nitrogens is 2. The minimum atomic E-state index is -0.208. The molecule has 0 aliphatic carbocycles. The highest BCUT2D eigenvalue weighted by Gasteiger charge is 2.25. The van der Waals surface area contributed by atoms with Crippen LogP contribution in [0.3, 0.4) is 0 Å². The number of benzene rings is 1. The molecular formula is C14H18N4O. The molecule has 2 heterocycles. The molecule has 1 aliphatic rings. The SMILES string of the molecule is CC1CN(c2ncnc3cc(N)ccc23)CCC1O. The van der Waals surface area contributed by atoms with E-state index in [0.717, 1.165) is 36.2 Å². The van der Waals surface area contributed by atoms with Crippen LogP contribution in [-0.4, -0.2) is 34.3 Å². The molecule has 2 aromatic rings. The lowest BCUT2D eigenvalue weighted by molar-refractivity contribution is 0.0969. The van der Waals surface area contributed by atoms with Gasteiger partial charge in [-0.3, -0.25) is 0 Å². The number of nitrogens with zero attached hydrogens (tertiary/aromatic N) is 3. The van der Waals surface area contributed by atoms with Gasteiger partial charge in [0.2, 0.25) is 0 Å². The fourth-order valence-electron chi connectivity index (χ4n) is 2.64. The Kier molecular flexibility index (Phi) is 2.98. The predicted molar refractivity (Wildman–Crippen MR) is 76.0 cm³/mol. The van der Waals surface area contributed by atoms with Crippen molar-refractivity contribution in [1.29, 1.82) is 0 Å². The third kappa shape index (κ3) is 2.21. The molecule has 100 valence electrons. The number of hydrogen-bond acceptors (Lipinski definition) is 5. The zero-order valence-electron chi connectivity index (χ0n) is 11.0. The lowest BCUT2D eigenvalue weighted by Gasteiger charge is -2.35. The van der Waals surface area contributed by atoms with Crippen molar-refractivity contribution in [2.75, 3.05) is 23.7 Å². The van der Waals surface area contributed by atoms with E-state index in [4.69, 9.17) is 5.73 Å². The van der Waals surface area contributed by atoms with Gasteiger partial charge >= 0.3 is 0 Å². The minimum absolute atomic E-state index is 0.208. The summed E-state index contributed by atoms with van der Waals surface area (Å²) < 4.78 is 0. The first-order valence-electron chi connectivity index (χ1n) is 6.58. The van der Waals surface area contributed by atoms with Gasteiger partial charge in [0.15, 0.2) is 0 Å². The Hall–Kier alpha value is -1.88. The van der Waals surface area contributed by atoms with Gasteiger partial charge in [-0.1, -0.05) is 6.92 Å². The van der Waals surface area contributed by atoms with Crippen molar-refractivity contribution in [2.45, 2.75) is 19.4 Å². The van der Waals surface area contributed by atoms with Crippen LogP contribution in [0, 0.1) is 5.92 Å². The summed E-state index contributed by atoms with van der Waals surface area (Å²) in [5, 5.41) is 10.8. The first-order valence-corrected chi connectivity index (χ1v) is 6.58. The molecule has 0 radical (unpaired) electrons. The van der Waals surface area contributed by atoms with Crippen LogP contribution in [0.4, 0.5) is 11.5 Å². The van der Waals surface area contributed by atoms with E-state index in [1.165, 1.54) is 0 Å². The summed E-state index contributed by atoms with van der Waals surface area (Å²) in [5.41, 5.74) is 7.36. The highest BCUT2D eigenvalue weighted by atomic mass is 16.3. The normalized spacial score (nSPS) is 23.8. The Morgan fingerprint density at radius 2 is 2.21 bits per heavy atom. The second-order valence-electron chi connectivity index (χ2n) is 5.25. The topological polar surface area (TPSA) is 75.3 Å². The second-order valence-corrected chi connectivity index (χ2v) is 5.25. The largest absolute Gasteiger partial charge is 0.399 e. The summed E-state index contributed by atoms with van der Waals surface area (Å²) >= 11 is 0. The van der Waals surface area contributed by atoms with Gasteiger partial charge in [0.25, 0.3) is 0 Å². The molecule has 2 atom stereocenters. The minimum Gasteiger partial charge on any atom is -0.399 e. The molecule has 0 saturated carbocycles. The van der Waals surface area contributed by atoms with Gasteiger partial charge in [0.1, 0.15) is 12.1 Å². The van der Waals surface area contributed by atoms with Crippen molar-refractivity contribution < 1.29 is 5.11 Å². The molecule has 5 nitrogen and oxygen atoms in total. The van der Waals surface area contributed by atoms with Crippen LogP contribution >= 0.6 is 0 Å². The number of anilines is 2. The lowest BCUT2D eigenvalue weighted by Crippen LogP contribution is -2.42. The van der Waals surface area contributed by atoms with Crippen LogP contribution in [0.15, 0.2) is 24.5 Å². The first-order chi connectivity index (χ1) is 9.15. The van der Waals surface area contributed by atoms with E-state index in [2.05, 4.69) is 21.8 Å². The number of nitrogens with two attached hydrogens (primary N) is 1. The van der Waals surface area contributed by atoms with Gasteiger partial charge in [-0.05, 0) is 30.5 Å². The fourth-order valence-corrected chi connectivity index (χ4v) is 2.64. The molecule has 3 rings (SSSR count). The van der Waals surface area contributed by atoms with Crippen LogP contribution in [0.25, 0.3) is 10.9 Å². The van der Waals surface area contributed by atoms with E-state index in [0.29, 0.717) is 5.69 Å². The van der Waals surface area contributed by atoms with E-state index in [1.54, 1.807) is 6.33 Å². The van der Waals surface area contributed by atoms with Gasteiger partial charge in [-0.25, -0.2) is 9.97 Å². The van der Waals surface area contributed by atoms with Crippen molar-refractivity contribution in [3.63, 3.8) is 0 Å². The van der Waals surface area contributed by atoms with Crippen LogP contribution in [0.2, 0.25) is 0 Å².